The van der Waals surface area contributed by atoms with Crippen LogP contribution in [0.1, 0.15) is 19.4 Å². The summed E-state index contributed by atoms with van der Waals surface area (Å²) in [5.74, 6) is -0.714. The molecule has 0 fully saturated rings. The summed E-state index contributed by atoms with van der Waals surface area (Å²) in [7, 11) is 0. The smallest absolute Gasteiger partial charge is 0.332 e. The molecule has 0 saturated heterocycles. The highest BCUT2D eigenvalue weighted by atomic mass is 16.4. The van der Waals surface area contributed by atoms with Crippen molar-refractivity contribution in [2.45, 2.75) is 32.9 Å². The van der Waals surface area contributed by atoms with Gasteiger partial charge in [-0.2, -0.15) is 5.10 Å². The molecule has 0 aliphatic carbocycles. The first kappa shape index (κ1) is 11.7. The molecule has 2 N–H and O–H groups in total. The van der Waals surface area contributed by atoms with E-state index in [9.17, 15) is 4.79 Å². The Bertz CT molecular complexity index is 333. The monoisotopic (exact) mass is 212 g/mol. The topological polar surface area (TPSA) is 75.4 Å². The highest BCUT2D eigenvalue weighted by Gasteiger charge is 2.14. The molecule has 1 aromatic rings. The van der Waals surface area contributed by atoms with Gasteiger partial charge in [0.15, 0.2) is 6.10 Å². The first-order valence-electron chi connectivity index (χ1n) is 4.91. The molecule has 0 aliphatic rings. The molecule has 5 heteroatoms. The van der Waals surface area contributed by atoms with E-state index >= 15 is 0 Å². The molecular formula is C10H16N2O3. The fraction of sp³-hybridized carbons (Fsp3) is 0.600. The minimum absolute atomic E-state index is 0.105. The Morgan fingerprint density at radius 1 is 1.60 bits per heavy atom. The van der Waals surface area contributed by atoms with E-state index in [0.717, 1.165) is 12.1 Å². The van der Waals surface area contributed by atoms with Gasteiger partial charge in [0.25, 0.3) is 0 Å². The molecule has 1 heterocycles. The van der Waals surface area contributed by atoms with Gasteiger partial charge in [-0.3, -0.25) is 4.68 Å². The SMILES string of the molecule is CC(C)Cn1cc(CC(O)C(=O)O)cn1. The van der Waals surface area contributed by atoms with Gasteiger partial charge in [0.2, 0.25) is 0 Å². The van der Waals surface area contributed by atoms with Crippen molar-refractivity contribution < 1.29 is 15.0 Å². The summed E-state index contributed by atoms with van der Waals surface area (Å²) in [6.45, 7) is 4.95. The summed E-state index contributed by atoms with van der Waals surface area (Å²) >= 11 is 0. The van der Waals surface area contributed by atoms with Gasteiger partial charge >= 0.3 is 5.97 Å². The Morgan fingerprint density at radius 3 is 2.80 bits per heavy atom. The number of nitrogens with zero attached hydrogens (tertiary/aromatic N) is 2. The maximum Gasteiger partial charge on any atom is 0.332 e. The van der Waals surface area contributed by atoms with Gasteiger partial charge in [0, 0.05) is 19.2 Å². The predicted octanol–water partition coefficient (Wildman–Crippen LogP) is 0.527. The molecule has 0 amide bonds. The molecule has 15 heavy (non-hydrogen) atoms. The van der Waals surface area contributed by atoms with Crippen molar-refractivity contribution in [3.8, 4) is 0 Å². The lowest BCUT2D eigenvalue weighted by Crippen LogP contribution is -2.21. The molecule has 0 aromatic carbocycles. The zero-order valence-electron chi connectivity index (χ0n) is 8.92. The quantitative estimate of drug-likeness (QED) is 0.746. The third-order valence-electron chi connectivity index (χ3n) is 1.95. The summed E-state index contributed by atoms with van der Waals surface area (Å²) in [6, 6.07) is 0. The number of hydrogen-bond acceptors (Lipinski definition) is 3. The van der Waals surface area contributed by atoms with Crippen molar-refractivity contribution in [3.05, 3.63) is 18.0 Å². The van der Waals surface area contributed by atoms with Gasteiger partial charge in [0.05, 0.1) is 6.20 Å². The van der Waals surface area contributed by atoms with Crippen LogP contribution in [0.25, 0.3) is 0 Å². The lowest BCUT2D eigenvalue weighted by atomic mass is 10.1. The summed E-state index contributed by atoms with van der Waals surface area (Å²) in [4.78, 5) is 10.4. The number of aromatic nitrogens is 2. The maximum absolute atomic E-state index is 10.4. The molecule has 1 atom stereocenters. The van der Waals surface area contributed by atoms with Crippen LogP contribution in [0.4, 0.5) is 0 Å². The Kier molecular flexibility index (Phi) is 3.85. The molecule has 1 aromatic heterocycles. The van der Waals surface area contributed by atoms with Gasteiger partial charge < -0.3 is 10.2 Å². The van der Waals surface area contributed by atoms with Gasteiger partial charge in [0.1, 0.15) is 0 Å². The van der Waals surface area contributed by atoms with Gasteiger partial charge in [-0.25, -0.2) is 4.79 Å². The second-order valence-electron chi connectivity index (χ2n) is 4.02. The van der Waals surface area contributed by atoms with Gasteiger partial charge in [-0.05, 0) is 11.5 Å². The van der Waals surface area contributed by atoms with Gasteiger partial charge in [-0.15, -0.1) is 0 Å². The van der Waals surface area contributed by atoms with Crippen LogP contribution in [-0.4, -0.2) is 32.1 Å². The molecule has 5 nitrogen and oxygen atoms in total. The average molecular weight is 212 g/mol. The minimum atomic E-state index is -1.35. The highest BCUT2D eigenvalue weighted by molar-refractivity contribution is 5.72. The number of carboxylic acid groups (broad SMARTS) is 1. The van der Waals surface area contributed by atoms with E-state index in [-0.39, 0.29) is 6.42 Å². The molecule has 1 unspecified atom stereocenters. The van der Waals surface area contributed by atoms with Crippen molar-refractivity contribution in [2.75, 3.05) is 0 Å². The van der Waals surface area contributed by atoms with Crippen molar-refractivity contribution >= 4 is 5.97 Å². The summed E-state index contributed by atoms with van der Waals surface area (Å²) < 4.78 is 1.76. The molecule has 0 radical (unpaired) electrons. The van der Waals surface area contributed by atoms with Crippen LogP contribution in [-0.2, 0) is 17.8 Å². The Hall–Kier alpha value is -1.36. The van der Waals surface area contributed by atoms with E-state index in [4.69, 9.17) is 10.2 Å². The molecule has 84 valence electrons. The second-order valence-corrected chi connectivity index (χ2v) is 4.02. The third-order valence-corrected chi connectivity index (χ3v) is 1.95. The molecule has 0 saturated carbocycles. The molecule has 0 aliphatic heterocycles. The number of aliphatic hydroxyl groups is 1. The van der Waals surface area contributed by atoms with E-state index in [2.05, 4.69) is 18.9 Å². The maximum atomic E-state index is 10.4. The van der Waals surface area contributed by atoms with Gasteiger partial charge in [-0.1, -0.05) is 13.8 Å². The van der Waals surface area contributed by atoms with Crippen molar-refractivity contribution in [1.82, 2.24) is 9.78 Å². The summed E-state index contributed by atoms with van der Waals surface area (Å²) in [5.41, 5.74) is 0.741. The second kappa shape index (κ2) is 4.93. The predicted molar refractivity (Wildman–Crippen MR) is 54.4 cm³/mol. The van der Waals surface area contributed by atoms with Crippen LogP contribution >= 0.6 is 0 Å². The average Bonchev–Trinajstić information content (AvgIpc) is 2.51. The van der Waals surface area contributed by atoms with Crippen LogP contribution in [0.5, 0.6) is 0 Å². The Labute approximate surface area is 88.3 Å². The standard InChI is InChI=1S/C10H16N2O3/c1-7(2)5-12-6-8(4-11-12)3-9(13)10(14)15/h4,6-7,9,13H,3,5H2,1-2H3,(H,14,15). The molecule has 0 bridgehead atoms. The number of carbonyl (C=O) groups is 1. The number of aliphatic hydroxyl groups excluding tert-OH is 1. The first-order chi connectivity index (χ1) is 6.99. The van der Waals surface area contributed by atoms with Crippen molar-refractivity contribution in [3.63, 3.8) is 0 Å². The van der Waals surface area contributed by atoms with Crippen LogP contribution in [0.15, 0.2) is 12.4 Å². The van der Waals surface area contributed by atoms with Crippen LogP contribution in [0.3, 0.4) is 0 Å². The number of rotatable bonds is 5. The zero-order valence-corrected chi connectivity index (χ0v) is 8.92. The molecule has 1 rings (SSSR count). The number of carboxylic acids is 1. The fourth-order valence-corrected chi connectivity index (χ4v) is 1.30. The van der Waals surface area contributed by atoms with E-state index < -0.39 is 12.1 Å². The van der Waals surface area contributed by atoms with Crippen LogP contribution in [0.2, 0.25) is 0 Å². The summed E-state index contributed by atoms with van der Waals surface area (Å²) in [6.07, 6.45) is 2.12. The fourth-order valence-electron chi connectivity index (χ4n) is 1.30. The van der Waals surface area contributed by atoms with Crippen molar-refractivity contribution in [2.24, 2.45) is 5.92 Å². The first-order valence-corrected chi connectivity index (χ1v) is 4.91. The number of hydrogen-bond donors (Lipinski definition) is 2. The lowest BCUT2D eigenvalue weighted by molar-refractivity contribution is -0.146. The largest absolute Gasteiger partial charge is 0.479 e. The highest BCUT2D eigenvalue weighted by Crippen LogP contribution is 2.05. The number of aliphatic carboxylic acids is 1. The summed E-state index contributed by atoms with van der Waals surface area (Å²) in [5, 5.41) is 21.7. The lowest BCUT2D eigenvalue weighted by Gasteiger charge is -2.04. The van der Waals surface area contributed by atoms with Crippen molar-refractivity contribution in [1.29, 1.82) is 0 Å². The van der Waals surface area contributed by atoms with Crippen LogP contribution < -0.4 is 0 Å². The zero-order chi connectivity index (χ0) is 11.4. The van der Waals surface area contributed by atoms with Crippen LogP contribution in [0, 0.1) is 5.92 Å². The van der Waals surface area contributed by atoms with E-state index in [1.165, 1.54) is 0 Å². The molecule has 0 spiro atoms. The van der Waals surface area contributed by atoms with E-state index in [1.54, 1.807) is 17.1 Å². The van der Waals surface area contributed by atoms with E-state index in [0.29, 0.717) is 5.92 Å². The third kappa shape index (κ3) is 3.71. The minimum Gasteiger partial charge on any atom is -0.479 e. The Morgan fingerprint density at radius 2 is 2.27 bits per heavy atom. The normalized spacial score (nSPS) is 13.1. The molecular weight excluding hydrogens is 196 g/mol. The Balaban J connectivity index is 2.56. The van der Waals surface area contributed by atoms with E-state index in [1.807, 2.05) is 0 Å².